The molecule has 2 heterocycles. The summed E-state index contributed by atoms with van der Waals surface area (Å²) in [5, 5.41) is 30.9. The summed E-state index contributed by atoms with van der Waals surface area (Å²) >= 11 is 1.44. The maximum atomic E-state index is 10.2. The third-order valence-corrected chi connectivity index (χ3v) is 4.94. The van der Waals surface area contributed by atoms with Crippen LogP contribution in [0.5, 0.6) is 0 Å². The molecule has 110 valence electrons. The molecule has 6 nitrogen and oxygen atoms in total. The van der Waals surface area contributed by atoms with E-state index in [0.29, 0.717) is 6.42 Å². The molecule has 2 rings (SSSR count). The molecule has 0 saturated carbocycles. The van der Waals surface area contributed by atoms with Gasteiger partial charge in [0.2, 0.25) is 0 Å². The van der Waals surface area contributed by atoms with Crippen LogP contribution in [0, 0.1) is 0 Å². The van der Waals surface area contributed by atoms with E-state index in [1.165, 1.54) is 11.8 Å². The smallest absolute Gasteiger partial charge is 0.162 e. The number of rotatable bonds is 3. The SMILES string of the molecule is CC[C@H](O)[C@H]1OC2SC(N(C)CC)=N[C@@H]2[C@@H](O)[C@@H]1O. The van der Waals surface area contributed by atoms with Gasteiger partial charge in [-0.2, -0.15) is 0 Å². The quantitative estimate of drug-likeness (QED) is 0.657. The van der Waals surface area contributed by atoms with Crippen LogP contribution in [0.15, 0.2) is 4.99 Å². The van der Waals surface area contributed by atoms with Crippen LogP contribution >= 0.6 is 11.8 Å². The summed E-state index contributed by atoms with van der Waals surface area (Å²) in [5.41, 5.74) is -0.339. The van der Waals surface area contributed by atoms with Crippen molar-refractivity contribution in [1.29, 1.82) is 0 Å². The molecule has 0 radical (unpaired) electrons. The zero-order valence-corrected chi connectivity index (χ0v) is 12.2. The molecule has 1 unspecified atom stereocenters. The summed E-state index contributed by atoms with van der Waals surface area (Å²) in [6.45, 7) is 4.64. The third kappa shape index (κ3) is 2.75. The van der Waals surface area contributed by atoms with Gasteiger partial charge in [0.05, 0.1) is 6.10 Å². The van der Waals surface area contributed by atoms with Crippen molar-refractivity contribution < 1.29 is 20.1 Å². The number of aliphatic hydroxyl groups is 3. The fraction of sp³-hybridized carbons (Fsp3) is 0.917. The molecule has 2 aliphatic rings. The first-order valence-electron chi connectivity index (χ1n) is 6.64. The summed E-state index contributed by atoms with van der Waals surface area (Å²) in [4.78, 5) is 6.39. The van der Waals surface area contributed by atoms with Gasteiger partial charge in [-0.25, -0.2) is 0 Å². The van der Waals surface area contributed by atoms with E-state index in [0.717, 1.165) is 11.7 Å². The van der Waals surface area contributed by atoms with Crippen molar-refractivity contribution >= 4 is 16.9 Å². The van der Waals surface area contributed by atoms with Gasteiger partial charge in [0.1, 0.15) is 29.8 Å². The Morgan fingerprint density at radius 2 is 2.05 bits per heavy atom. The average Bonchev–Trinajstić information content (AvgIpc) is 2.85. The molecule has 19 heavy (non-hydrogen) atoms. The molecule has 0 bridgehead atoms. The highest BCUT2D eigenvalue weighted by Gasteiger charge is 2.50. The zero-order chi connectivity index (χ0) is 14.2. The molecular weight excluding hydrogens is 268 g/mol. The topological polar surface area (TPSA) is 85.5 Å². The van der Waals surface area contributed by atoms with Gasteiger partial charge in [-0.05, 0) is 13.3 Å². The predicted octanol–water partition coefficient (Wildman–Crippen LogP) is -0.373. The molecule has 1 fully saturated rings. The number of thioether (sulfide) groups is 1. The molecule has 0 aromatic rings. The van der Waals surface area contributed by atoms with Crippen LogP contribution in [0.1, 0.15) is 20.3 Å². The molecule has 0 aromatic carbocycles. The van der Waals surface area contributed by atoms with Crippen molar-refractivity contribution in [2.75, 3.05) is 13.6 Å². The summed E-state index contributed by atoms with van der Waals surface area (Å²) in [6, 6.07) is -0.468. The van der Waals surface area contributed by atoms with Crippen LogP contribution in [0.2, 0.25) is 0 Å². The molecular formula is C12H22N2O4S. The number of fused-ring (bicyclic) bond motifs is 1. The Morgan fingerprint density at radius 3 is 2.63 bits per heavy atom. The minimum Gasteiger partial charge on any atom is -0.390 e. The zero-order valence-electron chi connectivity index (χ0n) is 11.4. The highest BCUT2D eigenvalue weighted by Crippen LogP contribution is 2.38. The maximum absolute atomic E-state index is 10.2. The second-order valence-electron chi connectivity index (χ2n) is 4.96. The summed E-state index contributed by atoms with van der Waals surface area (Å²) < 4.78 is 5.73. The number of ether oxygens (including phenoxy) is 1. The normalized spacial score (nSPS) is 39.7. The molecule has 3 N–H and O–H groups in total. The average molecular weight is 290 g/mol. The first-order chi connectivity index (χ1) is 8.99. The second-order valence-corrected chi connectivity index (χ2v) is 6.03. The minimum absolute atomic E-state index is 0.339. The highest BCUT2D eigenvalue weighted by molar-refractivity contribution is 8.14. The fourth-order valence-electron chi connectivity index (χ4n) is 2.24. The molecule has 1 saturated heterocycles. The van der Waals surface area contributed by atoms with Crippen molar-refractivity contribution in [3.8, 4) is 0 Å². The van der Waals surface area contributed by atoms with Crippen LogP contribution < -0.4 is 0 Å². The Balaban J connectivity index is 2.12. The molecule has 0 aliphatic carbocycles. The van der Waals surface area contributed by atoms with E-state index in [2.05, 4.69) is 4.99 Å². The van der Waals surface area contributed by atoms with Crippen molar-refractivity contribution in [3.05, 3.63) is 0 Å². The second kappa shape index (κ2) is 5.97. The first kappa shape index (κ1) is 15.1. The van der Waals surface area contributed by atoms with Gasteiger partial charge in [-0.1, -0.05) is 18.7 Å². The number of aliphatic imine (C=N–C) groups is 1. The van der Waals surface area contributed by atoms with E-state index in [-0.39, 0.29) is 5.44 Å². The molecule has 2 aliphatic heterocycles. The molecule has 7 heteroatoms. The van der Waals surface area contributed by atoms with E-state index < -0.39 is 30.5 Å². The van der Waals surface area contributed by atoms with E-state index in [1.807, 2.05) is 25.8 Å². The van der Waals surface area contributed by atoms with Gasteiger partial charge >= 0.3 is 0 Å². The predicted molar refractivity (Wildman–Crippen MR) is 74.1 cm³/mol. The van der Waals surface area contributed by atoms with Crippen LogP contribution in [-0.2, 0) is 4.74 Å². The Bertz CT molecular complexity index is 355. The number of nitrogens with zero attached hydrogens (tertiary/aromatic N) is 2. The molecule has 0 spiro atoms. The van der Waals surface area contributed by atoms with Crippen LogP contribution in [0.3, 0.4) is 0 Å². The highest BCUT2D eigenvalue weighted by atomic mass is 32.2. The van der Waals surface area contributed by atoms with Crippen molar-refractivity contribution in [2.45, 2.75) is 56.2 Å². The van der Waals surface area contributed by atoms with Gasteiger partial charge < -0.3 is 25.0 Å². The largest absolute Gasteiger partial charge is 0.390 e. The van der Waals surface area contributed by atoms with Gasteiger partial charge in [-0.3, -0.25) is 4.99 Å². The van der Waals surface area contributed by atoms with Gasteiger partial charge in [0, 0.05) is 13.6 Å². The number of hydrogen-bond acceptors (Lipinski definition) is 7. The van der Waals surface area contributed by atoms with Gasteiger partial charge in [-0.15, -0.1) is 0 Å². The summed E-state index contributed by atoms with van der Waals surface area (Å²) in [5.74, 6) is 0. The Hall–Kier alpha value is -0.340. The van der Waals surface area contributed by atoms with E-state index in [4.69, 9.17) is 4.74 Å². The molecule has 0 amide bonds. The Kier molecular flexibility index (Phi) is 4.73. The maximum Gasteiger partial charge on any atom is 0.162 e. The van der Waals surface area contributed by atoms with Crippen molar-refractivity contribution in [3.63, 3.8) is 0 Å². The van der Waals surface area contributed by atoms with Gasteiger partial charge in [0.25, 0.3) is 0 Å². The van der Waals surface area contributed by atoms with Crippen LogP contribution in [0.4, 0.5) is 0 Å². The van der Waals surface area contributed by atoms with Crippen LogP contribution in [0.25, 0.3) is 0 Å². The Labute approximate surface area is 117 Å². The molecule has 0 aromatic heterocycles. The van der Waals surface area contributed by atoms with Crippen molar-refractivity contribution in [2.24, 2.45) is 4.99 Å². The third-order valence-electron chi connectivity index (χ3n) is 3.69. The van der Waals surface area contributed by atoms with E-state index >= 15 is 0 Å². The first-order valence-corrected chi connectivity index (χ1v) is 7.52. The van der Waals surface area contributed by atoms with Crippen LogP contribution in [-0.4, -0.2) is 74.9 Å². The van der Waals surface area contributed by atoms with Gasteiger partial charge in [0.15, 0.2) is 5.17 Å². The number of hydrogen-bond donors (Lipinski definition) is 3. The number of aliphatic hydroxyl groups excluding tert-OH is 3. The fourth-order valence-corrected chi connectivity index (χ4v) is 3.49. The summed E-state index contributed by atoms with van der Waals surface area (Å²) in [7, 11) is 1.92. The summed E-state index contributed by atoms with van der Waals surface area (Å²) in [6.07, 6.45) is -3.17. The lowest BCUT2D eigenvalue weighted by Gasteiger charge is -2.40. The Morgan fingerprint density at radius 1 is 1.37 bits per heavy atom. The molecule has 6 atom stereocenters. The van der Waals surface area contributed by atoms with E-state index in [1.54, 1.807) is 0 Å². The lowest BCUT2D eigenvalue weighted by Crippen LogP contribution is -2.58. The monoisotopic (exact) mass is 290 g/mol. The lowest BCUT2D eigenvalue weighted by atomic mass is 9.94. The lowest BCUT2D eigenvalue weighted by molar-refractivity contribution is -0.185. The standard InChI is InChI=1S/C12H22N2O4S/c1-4-6(15)10-9(17)8(16)7-11(18-10)19-12(13-7)14(3)5-2/h6-11,15-17H,4-5H2,1-3H3/t6-,7+,8+,9-,10+,11?/m0/s1. The number of amidine groups is 1. The van der Waals surface area contributed by atoms with Crippen molar-refractivity contribution in [1.82, 2.24) is 4.90 Å². The minimum atomic E-state index is -1.10. The van der Waals surface area contributed by atoms with E-state index in [9.17, 15) is 15.3 Å².